The molecule has 1 saturated heterocycles. The Bertz CT molecular complexity index is 460. The molecule has 3 rings (SSSR count). The second-order valence-electron chi connectivity index (χ2n) is 5.29. The van der Waals surface area contributed by atoms with Gasteiger partial charge in [0.15, 0.2) is 0 Å². The Hall–Kier alpha value is -1.42. The molecular formula is C14H19N3O. The largest absolute Gasteiger partial charge is 0.333 e. The van der Waals surface area contributed by atoms with Gasteiger partial charge in [-0.1, -0.05) is 0 Å². The molecule has 2 aliphatic rings. The van der Waals surface area contributed by atoms with Crippen molar-refractivity contribution < 1.29 is 4.79 Å². The van der Waals surface area contributed by atoms with E-state index in [2.05, 4.69) is 16.9 Å². The molecule has 0 N–H and O–H groups in total. The summed E-state index contributed by atoms with van der Waals surface area (Å²) in [5.41, 5.74) is 1.72. The van der Waals surface area contributed by atoms with E-state index in [4.69, 9.17) is 0 Å². The van der Waals surface area contributed by atoms with Gasteiger partial charge in [0.25, 0.3) is 5.91 Å². The van der Waals surface area contributed by atoms with E-state index >= 15 is 0 Å². The summed E-state index contributed by atoms with van der Waals surface area (Å²) in [6.45, 7) is 2.73. The van der Waals surface area contributed by atoms with Crippen LogP contribution in [-0.4, -0.2) is 46.9 Å². The van der Waals surface area contributed by atoms with Crippen molar-refractivity contribution in [2.24, 2.45) is 0 Å². The van der Waals surface area contributed by atoms with Crippen LogP contribution in [0.2, 0.25) is 0 Å². The molecule has 1 atom stereocenters. The first-order valence-electron chi connectivity index (χ1n) is 6.69. The van der Waals surface area contributed by atoms with Crippen LogP contribution in [0.3, 0.4) is 0 Å². The first-order valence-corrected chi connectivity index (χ1v) is 6.69. The number of hydrogen-bond acceptors (Lipinski definition) is 3. The quantitative estimate of drug-likeness (QED) is 0.810. The highest BCUT2D eigenvalue weighted by Gasteiger charge is 2.29. The number of rotatable bonds is 3. The fourth-order valence-electron chi connectivity index (χ4n) is 3.01. The maximum absolute atomic E-state index is 12.2. The van der Waals surface area contributed by atoms with E-state index in [1.807, 2.05) is 17.0 Å². The van der Waals surface area contributed by atoms with Crippen LogP contribution < -0.4 is 0 Å². The molecule has 0 radical (unpaired) electrons. The van der Waals surface area contributed by atoms with E-state index in [0.29, 0.717) is 12.6 Å². The normalized spacial score (nSPS) is 23.7. The molecule has 96 valence electrons. The van der Waals surface area contributed by atoms with Gasteiger partial charge in [0.05, 0.1) is 17.8 Å². The lowest BCUT2D eigenvalue weighted by Crippen LogP contribution is -2.32. The maximum atomic E-state index is 12.2. The minimum absolute atomic E-state index is 0.152. The summed E-state index contributed by atoms with van der Waals surface area (Å²) in [4.78, 5) is 20.8. The zero-order valence-corrected chi connectivity index (χ0v) is 10.8. The minimum atomic E-state index is 0.152. The van der Waals surface area contributed by atoms with E-state index in [1.165, 1.54) is 19.4 Å². The molecule has 1 aromatic heterocycles. The third-order valence-electron chi connectivity index (χ3n) is 4.15. The summed E-state index contributed by atoms with van der Waals surface area (Å²) in [5, 5.41) is 0. The zero-order valence-electron chi connectivity index (χ0n) is 10.8. The molecular weight excluding hydrogens is 226 g/mol. The van der Waals surface area contributed by atoms with Gasteiger partial charge in [0, 0.05) is 18.8 Å². The maximum Gasteiger partial charge on any atom is 0.256 e. The van der Waals surface area contributed by atoms with Crippen molar-refractivity contribution in [2.75, 3.05) is 20.1 Å². The highest BCUT2D eigenvalue weighted by Crippen LogP contribution is 2.23. The highest BCUT2D eigenvalue weighted by molar-refractivity contribution is 5.97. The van der Waals surface area contributed by atoms with E-state index in [9.17, 15) is 4.79 Å². The lowest BCUT2D eigenvalue weighted by atomic mass is 10.1. The monoisotopic (exact) mass is 245 g/mol. The molecule has 2 aliphatic heterocycles. The molecule has 1 amide bonds. The average molecular weight is 245 g/mol. The van der Waals surface area contributed by atoms with E-state index in [-0.39, 0.29) is 5.91 Å². The van der Waals surface area contributed by atoms with E-state index in [1.54, 1.807) is 6.20 Å². The number of carbonyl (C=O) groups excluding carboxylic acids is 1. The third-order valence-corrected chi connectivity index (χ3v) is 4.15. The van der Waals surface area contributed by atoms with Crippen LogP contribution >= 0.6 is 0 Å². The fourth-order valence-corrected chi connectivity index (χ4v) is 3.01. The average Bonchev–Trinajstić information content (AvgIpc) is 2.92. The van der Waals surface area contributed by atoms with Gasteiger partial charge in [-0.3, -0.25) is 9.78 Å². The van der Waals surface area contributed by atoms with Gasteiger partial charge in [0.2, 0.25) is 0 Å². The topological polar surface area (TPSA) is 36.4 Å². The Morgan fingerprint density at radius 2 is 2.39 bits per heavy atom. The Morgan fingerprint density at radius 1 is 1.50 bits per heavy atom. The number of carbonyl (C=O) groups is 1. The van der Waals surface area contributed by atoms with Crippen molar-refractivity contribution in [3.05, 3.63) is 29.6 Å². The zero-order chi connectivity index (χ0) is 12.5. The first kappa shape index (κ1) is 11.7. The van der Waals surface area contributed by atoms with E-state index in [0.717, 1.165) is 24.2 Å². The summed E-state index contributed by atoms with van der Waals surface area (Å²) in [7, 11) is 2.18. The summed E-state index contributed by atoms with van der Waals surface area (Å²) in [6.07, 6.45) is 5.40. The molecule has 3 heterocycles. The predicted octanol–water partition coefficient (Wildman–Crippen LogP) is 1.52. The Balaban J connectivity index is 1.61. The molecule has 0 aromatic carbocycles. The molecule has 1 unspecified atom stereocenters. The Labute approximate surface area is 108 Å². The van der Waals surface area contributed by atoms with Gasteiger partial charge in [-0.15, -0.1) is 0 Å². The van der Waals surface area contributed by atoms with Crippen LogP contribution in [0.1, 0.15) is 35.3 Å². The fraction of sp³-hybridized carbons (Fsp3) is 0.571. The van der Waals surface area contributed by atoms with Crippen molar-refractivity contribution in [2.45, 2.75) is 31.8 Å². The third kappa shape index (κ3) is 2.01. The molecule has 0 bridgehead atoms. The van der Waals surface area contributed by atoms with Crippen LogP contribution in [0.5, 0.6) is 0 Å². The summed E-state index contributed by atoms with van der Waals surface area (Å²) in [5.74, 6) is 0.152. The second-order valence-corrected chi connectivity index (χ2v) is 5.29. The molecule has 4 heteroatoms. The second kappa shape index (κ2) is 4.69. The van der Waals surface area contributed by atoms with Gasteiger partial charge in [-0.25, -0.2) is 0 Å². The number of amides is 1. The van der Waals surface area contributed by atoms with Crippen molar-refractivity contribution in [3.8, 4) is 0 Å². The number of pyridine rings is 1. The van der Waals surface area contributed by atoms with Crippen LogP contribution in [-0.2, 0) is 6.54 Å². The van der Waals surface area contributed by atoms with Gasteiger partial charge in [-0.2, -0.15) is 0 Å². The highest BCUT2D eigenvalue weighted by atomic mass is 16.2. The van der Waals surface area contributed by atoms with Gasteiger partial charge in [-0.05, 0) is 45.0 Å². The first-order chi connectivity index (χ1) is 8.75. The number of aromatic nitrogens is 1. The van der Waals surface area contributed by atoms with Gasteiger partial charge < -0.3 is 9.80 Å². The summed E-state index contributed by atoms with van der Waals surface area (Å²) >= 11 is 0. The Kier molecular flexibility index (Phi) is 3.04. The van der Waals surface area contributed by atoms with Crippen molar-refractivity contribution in [1.29, 1.82) is 0 Å². The van der Waals surface area contributed by atoms with Crippen LogP contribution in [0, 0.1) is 0 Å². The van der Waals surface area contributed by atoms with Crippen LogP contribution in [0.25, 0.3) is 0 Å². The number of likely N-dealkylation sites (tertiary alicyclic amines) is 1. The lowest BCUT2D eigenvalue weighted by molar-refractivity contribution is 0.0765. The van der Waals surface area contributed by atoms with Gasteiger partial charge >= 0.3 is 0 Å². The van der Waals surface area contributed by atoms with Crippen molar-refractivity contribution >= 4 is 5.91 Å². The standard InChI is InChI=1S/C14H19N3O/c1-16-8-3-4-11(16)6-9-17-10-13-12(14(17)18)5-2-7-15-13/h2,5,7,11H,3-4,6,8-10H2,1H3. The summed E-state index contributed by atoms with van der Waals surface area (Å²) < 4.78 is 0. The molecule has 4 nitrogen and oxygen atoms in total. The van der Waals surface area contributed by atoms with Crippen LogP contribution in [0.4, 0.5) is 0 Å². The van der Waals surface area contributed by atoms with Crippen molar-refractivity contribution in [1.82, 2.24) is 14.8 Å². The Morgan fingerprint density at radius 3 is 3.11 bits per heavy atom. The lowest BCUT2D eigenvalue weighted by Gasteiger charge is -2.22. The molecule has 0 saturated carbocycles. The van der Waals surface area contributed by atoms with Crippen LogP contribution in [0.15, 0.2) is 18.3 Å². The van der Waals surface area contributed by atoms with Crippen molar-refractivity contribution in [3.63, 3.8) is 0 Å². The number of fused-ring (bicyclic) bond motifs is 1. The SMILES string of the molecule is CN1CCCC1CCN1Cc2ncccc2C1=O. The molecule has 1 fully saturated rings. The van der Waals surface area contributed by atoms with Gasteiger partial charge in [0.1, 0.15) is 0 Å². The minimum Gasteiger partial charge on any atom is -0.333 e. The smallest absolute Gasteiger partial charge is 0.256 e. The van der Waals surface area contributed by atoms with E-state index < -0.39 is 0 Å². The predicted molar refractivity (Wildman–Crippen MR) is 69.2 cm³/mol. The molecule has 0 aliphatic carbocycles. The number of nitrogens with zero attached hydrogens (tertiary/aromatic N) is 3. The molecule has 0 spiro atoms. The molecule has 18 heavy (non-hydrogen) atoms. The summed E-state index contributed by atoms with van der Waals surface area (Å²) in [6, 6.07) is 4.37. The molecule has 1 aromatic rings. The number of hydrogen-bond donors (Lipinski definition) is 0.